The highest BCUT2D eigenvalue weighted by Crippen LogP contribution is 2.30. The van der Waals surface area contributed by atoms with Crippen LogP contribution >= 0.6 is 0 Å². The third-order valence-corrected chi connectivity index (χ3v) is 4.63. The number of fused-ring (bicyclic) bond motifs is 1. The zero-order valence-corrected chi connectivity index (χ0v) is 15.8. The zero-order valence-electron chi connectivity index (χ0n) is 15.8. The minimum atomic E-state index is -0.818. The van der Waals surface area contributed by atoms with Gasteiger partial charge in [0.15, 0.2) is 5.78 Å². The second-order valence-corrected chi connectivity index (χ2v) is 6.54. The van der Waals surface area contributed by atoms with Crippen molar-refractivity contribution < 1.29 is 14.0 Å². The molecule has 0 saturated carbocycles. The number of imidazole rings is 1. The number of benzene rings is 2. The molecule has 4 aromatic rings. The summed E-state index contributed by atoms with van der Waals surface area (Å²) in [7, 11) is 1.49. The Hall–Kier alpha value is -4.00. The summed E-state index contributed by atoms with van der Waals surface area (Å²) in [5, 5.41) is 0. The van der Waals surface area contributed by atoms with Crippen LogP contribution in [0.5, 0.6) is 0 Å². The van der Waals surface area contributed by atoms with Crippen LogP contribution in [0, 0.1) is 0 Å². The van der Waals surface area contributed by atoms with Crippen molar-refractivity contribution in [3.8, 4) is 11.4 Å². The van der Waals surface area contributed by atoms with Gasteiger partial charge in [-0.15, -0.1) is 0 Å². The van der Waals surface area contributed by atoms with Crippen LogP contribution in [0.15, 0.2) is 69.9 Å². The molecule has 29 heavy (non-hydrogen) atoms. The van der Waals surface area contributed by atoms with Crippen LogP contribution in [0.4, 0.5) is 5.88 Å². The average Bonchev–Trinajstić information content (AvgIpc) is 3.17. The first kappa shape index (κ1) is 18.4. The number of ketones is 1. The van der Waals surface area contributed by atoms with Gasteiger partial charge in [0.25, 0.3) is 0 Å². The molecule has 0 unspecified atom stereocenters. The normalized spacial score (nSPS) is 10.8. The largest absolute Gasteiger partial charge is 0.405 e. The number of rotatable bonds is 4. The minimum Gasteiger partial charge on any atom is -0.405 e. The highest BCUT2D eigenvalue weighted by Gasteiger charge is 2.24. The molecule has 0 spiro atoms. The van der Waals surface area contributed by atoms with Crippen molar-refractivity contribution >= 4 is 28.6 Å². The molecule has 0 radical (unpaired) electrons. The van der Waals surface area contributed by atoms with Gasteiger partial charge in [-0.25, -0.2) is 9.78 Å². The van der Waals surface area contributed by atoms with Crippen LogP contribution in [0.1, 0.15) is 22.8 Å². The third-order valence-electron chi connectivity index (χ3n) is 4.63. The highest BCUT2D eigenvalue weighted by molar-refractivity contribution is 6.09. The first-order valence-corrected chi connectivity index (χ1v) is 8.93. The highest BCUT2D eigenvalue weighted by atomic mass is 16.4. The smallest absolute Gasteiger partial charge is 0.348 e. The van der Waals surface area contributed by atoms with Crippen LogP contribution in [0.25, 0.3) is 22.4 Å². The van der Waals surface area contributed by atoms with Gasteiger partial charge in [-0.3, -0.25) is 14.5 Å². The minimum absolute atomic E-state index is 0.0196. The summed E-state index contributed by atoms with van der Waals surface area (Å²) in [6, 6.07) is 17.3. The van der Waals surface area contributed by atoms with E-state index < -0.39 is 11.4 Å². The van der Waals surface area contributed by atoms with Gasteiger partial charge < -0.3 is 9.40 Å². The summed E-state index contributed by atoms with van der Waals surface area (Å²) in [6.07, 6.45) is 0. The van der Waals surface area contributed by atoms with E-state index in [4.69, 9.17) is 4.42 Å². The number of aromatic amines is 1. The lowest BCUT2D eigenvalue weighted by molar-refractivity contribution is -0.116. The van der Waals surface area contributed by atoms with Gasteiger partial charge in [0, 0.05) is 19.5 Å². The number of nitrogens with zero attached hydrogens (tertiary/aromatic N) is 2. The molecule has 0 aliphatic rings. The van der Waals surface area contributed by atoms with Gasteiger partial charge in [-0.2, -0.15) is 0 Å². The number of aromatic nitrogens is 2. The van der Waals surface area contributed by atoms with Crippen molar-refractivity contribution in [2.75, 3.05) is 11.9 Å². The van der Waals surface area contributed by atoms with Gasteiger partial charge in [0.1, 0.15) is 11.4 Å². The maximum Gasteiger partial charge on any atom is 0.348 e. The molecule has 2 heterocycles. The fourth-order valence-electron chi connectivity index (χ4n) is 3.01. The lowest BCUT2D eigenvalue weighted by Crippen LogP contribution is -2.26. The molecule has 7 nitrogen and oxygen atoms in total. The summed E-state index contributed by atoms with van der Waals surface area (Å²) in [6.45, 7) is 1.35. The maximum atomic E-state index is 12.9. The van der Waals surface area contributed by atoms with E-state index in [2.05, 4.69) is 9.97 Å². The van der Waals surface area contributed by atoms with Crippen molar-refractivity contribution in [1.82, 2.24) is 9.97 Å². The Morgan fingerprint density at radius 3 is 2.41 bits per heavy atom. The molecule has 2 aromatic carbocycles. The van der Waals surface area contributed by atoms with Crippen LogP contribution in [-0.2, 0) is 4.79 Å². The SMILES string of the molecule is CC(=O)N(C)c1oc(=O)c(C(=O)c2ccccc2)cc1-c1nc2ccccc2[nH]1. The summed E-state index contributed by atoms with van der Waals surface area (Å²) in [5.74, 6) is -0.382. The molecule has 0 aliphatic heterocycles. The summed E-state index contributed by atoms with van der Waals surface area (Å²) in [5.41, 5.74) is 1.25. The van der Waals surface area contributed by atoms with Crippen molar-refractivity contribution in [2.24, 2.45) is 0 Å². The van der Waals surface area contributed by atoms with E-state index in [1.807, 2.05) is 24.3 Å². The van der Waals surface area contributed by atoms with Crippen molar-refractivity contribution in [1.29, 1.82) is 0 Å². The van der Waals surface area contributed by atoms with Gasteiger partial charge in [-0.1, -0.05) is 42.5 Å². The number of amides is 1. The van der Waals surface area contributed by atoms with E-state index >= 15 is 0 Å². The van der Waals surface area contributed by atoms with E-state index in [-0.39, 0.29) is 17.4 Å². The lowest BCUT2D eigenvalue weighted by Gasteiger charge is -2.16. The first-order valence-electron chi connectivity index (χ1n) is 8.93. The average molecular weight is 387 g/mol. The van der Waals surface area contributed by atoms with Crippen LogP contribution in [0.2, 0.25) is 0 Å². The summed E-state index contributed by atoms with van der Waals surface area (Å²) in [4.78, 5) is 46.2. The monoisotopic (exact) mass is 387 g/mol. The van der Waals surface area contributed by atoms with E-state index in [1.54, 1.807) is 30.3 Å². The fourth-order valence-corrected chi connectivity index (χ4v) is 3.01. The van der Waals surface area contributed by atoms with Gasteiger partial charge in [0.05, 0.1) is 16.6 Å². The molecule has 0 atom stereocenters. The molecule has 144 valence electrons. The second kappa shape index (κ2) is 7.20. The molecular formula is C22H17N3O4. The number of nitrogens with one attached hydrogen (secondary N) is 1. The topological polar surface area (TPSA) is 96.3 Å². The quantitative estimate of drug-likeness (QED) is 0.542. The van der Waals surface area contributed by atoms with E-state index in [1.165, 1.54) is 24.9 Å². The Kier molecular flexibility index (Phi) is 4.56. The molecule has 0 fully saturated rings. The summed E-state index contributed by atoms with van der Waals surface area (Å²) >= 11 is 0. The summed E-state index contributed by atoms with van der Waals surface area (Å²) < 4.78 is 5.42. The Morgan fingerprint density at radius 1 is 1.03 bits per heavy atom. The first-order chi connectivity index (χ1) is 14.0. The van der Waals surface area contributed by atoms with E-state index in [9.17, 15) is 14.4 Å². The van der Waals surface area contributed by atoms with E-state index in [0.29, 0.717) is 22.5 Å². The Balaban J connectivity index is 1.94. The maximum absolute atomic E-state index is 12.9. The number of hydrogen-bond donors (Lipinski definition) is 1. The Labute approximate surface area is 165 Å². The van der Waals surface area contributed by atoms with Crippen molar-refractivity contribution in [3.05, 3.63) is 82.2 Å². The number of para-hydroxylation sites is 2. The van der Waals surface area contributed by atoms with E-state index in [0.717, 1.165) is 5.52 Å². The molecule has 7 heteroatoms. The predicted octanol–water partition coefficient (Wildman–Crippen LogP) is 3.40. The van der Waals surface area contributed by atoms with Crippen molar-refractivity contribution in [2.45, 2.75) is 6.92 Å². The molecular weight excluding hydrogens is 370 g/mol. The molecule has 0 saturated heterocycles. The number of carbonyl (C=O) groups is 2. The van der Waals surface area contributed by atoms with Crippen LogP contribution < -0.4 is 10.5 Å². The number of H-pyrrole nitrogens is 1. The lowest BCUT2D eigenvalue weighted by atomic mass is 10.0. The van der Waals surface area contributed by atoms with Gasteiger partial charge >= 0.3 is 5.63 Å². The third kappa shape index (κ3) is 3.34. The number of anilines is 1. The Bertz CT molecular complexity index is 1260. The molecule has 1 amide bonds. The zero-order chi connectivity index (χ0) is 20.5. The second-order valence-electron chi connectivity index (χ2n) is 6.54. The Morgan fingerprint density at radius 2 is 1.72 bits per heavy atom. The molecule has 0 aliphatic carbocycles. The van der Waals surface area contributed by atoms with Crippen LogP contribution in [0.3, 0.4) is 0 Å². The number of carbonyl (C=O) groups excluding carboxylic acids is 2. The molecule has 0 bridgehead atoms. The fraction of sp³-hybridized carbons (Fsp3) is 0.0909. The van der Waals surface area contributed by atoms with Gasteiger partial charge in [-0.05, 0) is 18.2 Å². The van der Waals surface area contributed by atoms with Gasteiger partial charge in [0.2, 0.25) is 11.8 Å². The standard InChI is InChI=1S/C22H17N3O4/c1-13(26)25(2)21-16(20-23-17-10-6-7-11-18(17)24-20)12-15(22(28)29-21)19(27)14-8-4-3-5-9-14/h3-12H,1-2H3,(H,23,24). The number of hydrogen-bond acceptors (Lipinski definition) is 5. The molecule has 4 rings (SSSR count). The predicted molar refractivity (Wildman–Crippen MR) is 109 cm³/mol. The van der Waals surface area contributed by atoms with Crippen LogP contribution in [-0.4, -0.2) is 28.7 Å². The van der Waals surface area contributed by atoms with Crippen molar-refractivity contribution in [3.63, 3.8) is 0 Å². The molecule has 2 aromatic heterocycles. The molecule has 1 N–H and O–H groups in total.